The molecule has 1 atom stereocenters. The van der Waals surface area contributed by atoms with Crippen LogP contribution in [0.2, 0.25) is 0 Å². The van der Waals surface area contributed by atoms with Gasteiger partial charge in [-0.1, -0.05) is 6.92 Å². The molecule has 1 aliphatic rings. The van der Waals surface area contributed by atoms with E-state index in [0.29, 0.717) is 38.5 Å². The molecule has 9 heteroatoms. The summed E-state index contributed by atoms with van der Waals surface area (Å²) in [6, 6.07) is 3.64. The fourth-order valence-electron chi connectivity index (χ4n) is 2.78. The van der Waals surface area contributed by atoms with E-state index in [4.69, 9.17) is 14.6 Å². The standard InChI is InChI=1S/C18H26FN3O5/c1-3-7-27-16-9-13(19)4-5-15(16)20-18(25)22-6-8-26-14(11-22)10-21(2)12-17(23)24/h4-5,9,14H,3,6-8,10-12H2,1-2H3,(H,20,25)(H,23,24). The second-order valence-corrected chi connectivity index (χ2v) is 6.45. The van der Waals surface area contributed by atoms with Gasteiger partial charge in [0.2, 0.25) is 0 Å². The van der Waals surface area contributed by atoms with E-state index >= 15 is 0 Å². The average Bonchev–Trinajstić information content (AvgIpc) is 2.61. The molecule has 1 aliphatic heterocycles. The van der Waals surface area contributed by atoms with Crippen molar-refractivity contribution in [1.82, 2.24) is 9.80 Å². The number of benzene rings is 1. The Labute approximate surface area is 157 Å². The maximum absolute atomic E-state index is 13.5. The van der Waals surface area contributed by atoms with E-state index in [0.717, 1.165) is 6.42 Å². The summed E-state index contributed by atoms with van der Waals surface area (Å²) in [6.45, 7) is 3.77. The monoisotopic (exact) mass is 383 g/mol. The number of carbonyl (C=O) groups excluding carboxylic acids is 1. The van der Waals surface area contributed by atoms with Crippen LogP contribution in [0.1, 0.15) is 13.3 Å². The van der Waals surface area contributed by atoms with Gasteiger partial charge in [0, 0.05) is 25.7 Å². The number of amides is 2. The minimum atomic E-state index is -0.918. The van der Waals surface area contributed by atoms with E-state index < -0.39 is 11.8 Å². The van der Waals surface area contributed by atoms with Crippen LogP contribution < -0.4 is 10.1 Å². The van der Waals surface area contributed by atoms with Crippen molar-refractivity contribution in [2.45, 2.75) is 19.4 Å². The van der Waals surface area contributed by atoms with E-state index in [9.17, 15) is 14.0 Å². The number of nitrogens with zero attached hydrogens (tertiary/aromatic N) is 2. The Hall–Kier alpha value is -2.39. The first kappa shape index (κ1) is 20.9. The van der Waals surface area contributed by atoms with Gasteiger partial charge >= 0.3 is 12.0 Å². The molecule has 1 fully saturated rings. The maximum atomic E-state index is 13.5. The van der Waals surface area contributed by atoms with Crippen LogP contribution in [0.15, 0.2) is 18.2 Å². The predicted molar refractivity (Wildman–Crippen MR) is 97.7 cm³/mol. The fraction of sp³-hybridized carbons (Fsp3) is 0.556. The van der Waals surface area contributed by atoms with E-state index in [-0.39, 0.29) is 24.4 Å². The lowest BCUT2D eigenvalue weighted by Gasteiger charge is -2.34. The molecule has 1 aromatic carbocycles. The molecular weight excluding hydrogens is 357 g/mol. The third-order valence-corrected chi connectivity index (χ3v) is 3.99. The highest BCUT2D eigenvalue weighted by Gasteiger charge is 2.26. The zero-order chi connectivity index (χ0) is 19.8. The van der Waals surface area contributed by atoms with Crippen LogP contribution in [0.25, 0.3) is 0 Å². The highest BCUT2D eigenvalue weighted by Crippen LogP contribution is 2.26. The largest absolute Gasteiger partial charge is 0.491 e. The van der Waals surface area contributed by atoms with Crippen LogP contribution in [-0.2, 0) is 9.53 Å². The SMILES string of the molecule is CCCOc1cc(F)ccc1NC(=O)N1CCOC(CN(C)CC(=O)O)C1. The van der Waals surface area contributed by atoms with Crippen molar-refractivity contribution < 1.29 is 28.6 Å². The predicted octanol–water partition coefficient (Wildman–Crippen LogP) is 1.86. The summed E-state index contributed by atoms with van der Waals surface area (Å²) in [6.07, 6.45) is 0.483. The van der Waals surface area contributed by atoms with Gasteiger partial charge in [-0.25, -0.2) is 9.18 Å². The Morgan fingerprint density at radius 2 is 2.26 bits per heavy atom. The lowest BCUT2D eigenvalue weighted by Crippen LogP contribution is -2.50. The molecule has 1 unspecified atom stereocenters. The van der Waals surface area contributed by atoms with Crippen molar-refractivity contribution >= 4 is 17.7 Å². The number of likely N-dealkylation sites (N-methyl/N-ethyl adjacent to an activating group) is 1. The molecule has 27 heavy (non-hydrogen) atoms. The number of carboxylic acids is 1. The molecule has 0 radical (unpaired) electrons. The van der Waals surface area contributed by atoms with Crippen LogP contribution in [0.5, 0.6) is 5.75 Å². The molecule has 1 heterocycles. The number of ether oxygens (including phenoxy) is 2. The van der Waals surface area contributed by atoms with Gasteiger partial charge in [-0.2, -0.15) is 0 Å². The number of hydrogen-bond donors (Lipinski definition) is 2. The first-order valence-electron chi connectivity index (χ1n) is 8.89. The summed E-state index contributed by atoms with van der Waals surface area (Å²) in [5, 5.41) is 11.6. The molecule has 1 saturated heterocycles. The van der Waals surface area contributed by atoms with Gasteiger partial charge in [0.15, 0.2) is 0 Å². The van der Waals surface area contributed by atoms with E-state index in [1.54, 1.807) is 16.8 Å². The van der Waals surface area contributed by atoms with E-state index in [1.165, 1.54) is 18.2 Å². The zero-order valence-electron chi connectivity index (χ0n) is 15.6. The molecule has 2 rings (SSSR count). The number of aliphatic carboxylic acids is 1. The molecule has 0 spiro atoms. The van der Waals surface area contributed by atoms with E-state index in [1.807, 2.05) is 6.92 Å². The van der Waals surface area contributed by atoms with Crippen molar-refractivity contribution in [3.63, 3.8) is 0 Å². The highest BCUT2D eigenvalue weighted by atomic mass is 19.1. The van der Waals surface area contributed by atoms with Gasteiger partial charge in [0.1, 0.15) is 11.6 Å². The van der Waals surface area contributed by atoms with Crippen LogP contribution in [-0.4, -0.2) is 79.5 Å². The first-order valence-corrected chi connectivity index (χ1v) is 8.89. The molecular formula is C18H26FN3O5. The molecule has 0 bridgehead atoms. The zero-order valence-corrected chi connectivity index (χ0v) is 15.6. The normalized spacial score (nSPS) is 17.0. The number of morpholine rings is 1. The number of rotatable bonds is 8. The second-order valence-electron chi connectivity index (χ2n) is 6.45. The minimum absolute atomic E-state index is 0.0975. The number of carbonyl (C=O) groups is 2. The number of nitrogens with one attached hydrogen (secondary N) is 1. The van der Waals surface area contributed by atoms with Crippen molar-refractivity contribution in [2.24, 2.45) is 0 Å². The van der Waals surface area contributed by atoms with Gasteiger partial charge in [-0.15, -0.1) is 0 Å². The Balaban J connectivity index is 1.96. The summed E-state index contributed by atoms with van der Waals surface area (Å²) in [4.78, 5) is 26.6. The third-order valence-electron chi connectivity index (χ3n) is 3.99. The van der Waals surface area contributed by atoms with Crippen molar-refractivity contribution in [3.05, 3.63) is 24.0 Å². The van der Waals surface area contributed by atoms with E-state index in [2.05, 4.69) is 5.32 Å². The number of carboxylic acid groups (broad SMARTS) is 1. The topological polar surface area (TPSA) is 91.3 Å². The summed E-state index contributed by atoms with van der Waals surface area (Å²) < 4.78 is 24.6. The molecule has 2 N–H and O–H groups in total. The van der Waals surface area contributed by atoms with Crippen molar-refractivity contribution in [2.75, 3.05) is 51.8 Å². The van der Waals surface area contributed by atoms with Gasteiger partial charge < -0.3 is 24.8 Å². The average molecular weight is 383 g/mol. The maximum Gasteiger partial charge on any atom is 0.322 e. The Morgan fingerprint density at radius 1 is 1.48 bits per heavy atom. The lowest BCUT2D eigenvalue weighted by atomic mass is 10.2. The molecule has 8 nitrogen and oxygen atoms in total. The molecule has 0 aliphatic carbocycles. The highest BCUT2D eigenvalue weighted by molar-refractivity contribution is 5.91. The Kier molecular flexibility index (Phi) is 7.81. The quantitative estimate of drug-likeness (QED) is 0.712. The second kappa shape index (κ2) is 10.1. The van der Waals surface area contributed by atoms with Gasteiger partial charge in [-0.3, -0.25) is 9.69 Å². The summed E-state index contributed by atoms with van der Waals surface area (Å²) in [7, 11) is 1.69. The molecule has 1 aromatic rings. The van der Waals surface area contributed by atoms with Gasteiger partial charge in [0.25, 0.3) is 0 Å². The van der Waals surface area contributed by atoms with Crippen molar-refractivity contribution in [1.29, 1.82) is 0 Å². The Bertz CT molecular complexity index is 658. The fourth-order valence-corrected chi connectivity index (χ4v) is 2.78. The van der Waals surface area contributed by atoms with Crippen LogP contribution in [0.3, 0.4) is 0 Å². The third kappa shape index (κ3) is 6.69. The lowest BCUT2D eigenvalue weighted by molar-refractivity contribution is -0.138. The smallest absolute Gasteiger partial charge is 0.322 e. The van der Waals surface area contributed by atoms with Crippen LogP contribution in [0.4, 0.5) is 14.9 Å². The number of anilines is 1. The molecule has 2 amide bonds. The van der Waals surface area contributed by atoms with Crippen LogP contribution >= 0.6 is 0 Å². The minimum Gasteiger partial charge on any atom is -0.491 e. The number of halogens is 1. The van der Waals surface area contributed by atoms with Crippen LogP contribution in [0, 0.1) is 5.82 Å². The summed E-state index contributed by atoms with van der Waals surface area (Å²) >= 11 is 0. The summed E-state index contributed by atoms with van der Waals surface area (Å²) in [5.74, 6) is -1.07. The number of urea groups is 1. The molecule has 0 saturated carbocycles. The van der Waals surface area contributed by atoms with Gasteiger partial charge in [-0.05, 0) is 25.6 Å². The summed E-state index contributed by atoms with van der Waals surface area (Å²) in [5.41, 5.74) is 0.404. The van der Waals surface area contributed by atoms with Gasteiger partial charge in [0.05, 0.1) is 31.5 Å². The Morgan fingerprint density at radius 3 is 2.96 bits per heavy atom. The number of hydrogen-bond acceptors (Lipinski definition) is 5. The first-order chi connectivity index (χ1) is 12.9. The molecule has 0 aromatic heterocycles. The molecule has 150 valence electrons. The van der Waals surface area contributed by atoms with Crippen molar-refractivity contribution in [3.8, 4) is 5.75 Å².